The van der Waals surface area contributed by atoms with Gasteiger partial charge in [-0.05, 0) is 18.6 Å². The van der Waals surface area contributed by atoms with Crippen molar-refractivity contribution in [1.29, 1.82) is 0 Å². The number of rotatable bonds is 7. The molecule has 7 nitrogen and oxygen atoms in total. The molecule has 1 aliphatic heterocycles. The quantitative estimate of drug-likeness (QED) is 0.670. The lowest BCUT2D eigenvalue weighted by Crippen LogP contribution is -2.40. The minimum absolute atomic E-state index is 0.0570. The van der Waals surface area contributed by atoms with Gasteiger partial charge >= 0.3 is 6.18 Å². The maximum atomic E-state index is 13.7. The van der Waals surface area contributed by atoms with Crippen LogP contribution in [0.4, 0.5) is 24.7 Å². The largest absolute Gasteiger partial charge is 0.417 e. The van der Waals surface area contributed by atoms with Crippen LogP contribution in [0.1, 0.15) is 24.5 Å². The average Bonchev–Trinajstić information content (AvgIpc) is 2.67. The van der Waals surface area contributed by atoms with Crippen molar-refractivity contribution in [3.63, 3.8) is 0 Å². The van der Waals surface area contributed by atoms with E-state index in [1.165, 1.54) is 22.9 Å². The van der Waals surface area contributed by atoms with Gasteiger partial charge in [0.2, 0.25) is 0 Å². The van der Waals surface area contributed by atoms with Crippen LogP contribution in [0.2, 0.25) is 0 Å². The highest BCUT2D eigenvalue weighted by atomic mass is 19.4. The Morgan fingerprint density at radius 2 is 2.20 bits per heavy atom. The number of aryl methyl sites for hydroxylation is 1. The van der Waals surface area contributed by atoms with Crippen molar-refractivity contribution in [3.05, 3.63) is 58.3 Å². The third kappa shape index (κ3) is 5.07. The number of allylic oxidation sites excluding steroid dienone is 1. The van der Waals surface area contributed by atoms with Crippen molar-refractivity contribution in [2.24, 2.45) is 10.7 Å². The molecule has 0 radical (unpaired) electrons. The molecular weight excluding hydrogens is 399 g/mol. The smallest absolute Gasteiger partial charge is 0.404 e. The lowest BCUT2D eigenvalue weighted by Gasteiger charge is -2.27. The highest BCUT2D eigenvalue weighted by molar-refractivity contribution is 6.11. The van der Waals surface area contributed by atoms with Gasteiger partial charge in [0.05, 0.1) is 30.5 Å². The summed E-state index contributed by atoms with van der Waals surface area (Å²) in [6, 6.07) is 3.75. The number of aromatic nitrogens is 2. The van der Waals surface area contributed by atoms with Gasteiger partial charge in [0.15, 0.2) is 0 Å². The van der Waals surface area contributed by atoms with E-state index in [2.05, 4.69) is 15.3 Å². The Balaban J connectivity index is 1.91. The second-order valence-corrected chi connectivity index (χ2v) is 6.79. The minimum Gasteiger partial charge on any atom is -0.404 e. The first-order valence-electron chi connectivity index (χ1n) is 9.40. The molecule has 0 bridgehead atoms. The second-order valence-electron chi connectivity index (χ2n) is 6.79. The summed E-state index contributed by atoms with van der Waals surface area (Å²) in [5.41, 5.74) is 4.84. The van der Waals surface area contributed by atoms with Crippen LogP contribution < -0.4 is 16.6 Å². The number of hydrogen-bond acceptors (Lipinski definition) is 6. The molecule has 160 valence electrons. The number of hydrogen-bond donors (Lipinski definition) is 2. The highest BCUT2D eigenvalue weighted by Gasteiger charge is 2.35. The van der Waals surface area contributed by atoms with Crippen LogP contribution in [-0.2, 0) is 17.5 Å². The third-order valence-corrected chi connectivity index (χ3v) is 4.48. The van der Waals surface area contributed by atoms with Crippen molar-refractivity contribution in [2.75, 3.05) is 18.5 Å². The summed E-state index contributed by atoms with van der Waals surface area (Å²) in [6.07, 6.45) is 1.09. The maximum Gasteiger partial charge on any atom is 0.417 e. The molecule has 0 aromatic carbocycles. The number of halogens is 3. The SMILES string of the molecule is CCCn1cc(N=C/C(=C\N)c2cnc(NC3COC3)cc2C(F)(F)F)ccc1=O. The summed E-state index contributed by atoms with van der Waals surface area (Å²) in [4.78, 5) is 20.1. The summed E-state index contributed by atoms with van der Waals surface area (Å²) < 4.78 is 47.5. The minimum atomic E-state index is -4.61. The number of nitrogens with two attached hydrogens (primary N) is 1. The van der Waals surface area contributed by atoms with Crippen LogP contribution >= 0.6 is 0 Å². The Morgan fingerprint density at radius 1 is 1.43 bits per heavy atom. The standard InChI is InChI=1S/C20H22F3N5O2/c1-2-5-28-10-14(3-4-19(28)29)25-8-13(7-24)16-9-26-18(27-15-11-30-12-15)6-17(16)20(21,22)23/h3-4,6-10,15H,2,5,11-12,24H2,1H3,(H,26,27)/b13-7+,25-8?. The Hall–Kier alpha value is -3.14. The van der Waals surface area contributed by atoms with Gasteiger partial charge < -0.3 is 20.4 Å². The predicted molar refractivity (Wildman–Crippen MR) is 109 cm³/mol. The molecule has 1 fully saturated rings. The van der Waals surface area contributed by atoms with E-state index in [1.807, 2.05) is 6.92 Å². The zero-order valence-electron chi connectivity index (χ0n) is 16.3. The van der Waals surface area contributed by atoms with Crippen molar-refractivity contribution in [2.45, 2.75) is 32.1 Å². The van der Waals surface area contributed by atoms with Gasteiger partial charge in [0.25, 0.3) is 5.56 Å². The van der Waals surface area contributed by atoms with Gasteiger partial charge in [0, 0.05) is 48.6 Å². The number of alkyl halides is 3. The maximum absolute atomic E-state index is 13.7. The number of aliphatic imine (C=N–C) groups is 1. The zero-order valence-corrected chi connectivity index (χ0v) is 16.3. The first-order chi connectivity index (χ1) is 14.3. The Labute approximate surface area is 171 Å². The molecule has 2 aromatic heterocycles. The molecule has 1 aliphatic rings. The van der Waals surface area contributed by atoms with Crippen LogP contribution in [0.3, 0.4) is 0 Å². The molecule has 3 rings (SSSR count). The average molecular weight is 421 g/mol. The molecule has 0 aliphatic carbocycles. The molecule has 10 heteroatoms. The van der Waals surface area contributed by atoms with E-state index in [4.69, 9.17) is 10.5 Å². The predicted octanol–water partition coefficient (Wildman–Crippen LogP) is 3.18. The van der Waals surface area contributed by atoms with E-state index in [-0.39, 0.29) is 28.6 Å². The van der Waals surface area contributed by atoms with Crippen molar-refractivity contribution in [3.8, 4) is 0 Å². The van der Waals surface area contributed by atoms with E-state index in [0.29, 0.717) is 25.4 Å². The Morgan fingerprint density at radius 3 is 2.80 bits per heavy atom. The highest BCUT2D eigenvalue weighted by Crippen LogP contribution is 2.35. The molecule has 0 amide bonds. The Bertz CT molecular complexity index is 1010. The van der Waals surface area contributed by atoms with Crippen LogP contribution in [-0.4, -0.2) is 35.0 Å². The fraction of sp³-hybridized carbons (Fsp3) is 0.350. The van der Waals surface area contributed by atoms with Crippen molar-refractivity contribution in [1.82, 2.24) is 9.55 Å². The summed E-state index contributed by atoms with van der Waals surface area (Å²) >= 11 is 0. The summed E-state index contributed by atoms with van der Waals surface area (Å²) in [5, 5.41) is 2.90. The van der Waals surface area contributed by atoms with Gasteiger partial charge in [-0.25, -0.2) is 4.98 Å². The molecular formula is C20H22F3N5O2. The van der Waals surface area contributed by atoms with Crippen LogP contribution in [0.15, 0.2) is 46.6 Å². The van der Waals surface area contributed by atoms with E-state index in [9.17, 15) is 18.0 Å². The topological polar surface area (TPSA) is 94.5 Å². The first-order valence-corrected chi connectivity index (χ1v) is 9.40. The van der Waals surface area contributed by atoms with Gasteiger partial charge in [-0.3, -0.25) is 9.79 Å². The first kappa shape index (κ1) is 21.6. The summed E-state index contributed by atoms with van der Waals surface area (Å²) in [6.45, 7) is 3.29. The monoisotopic (exact) mass is 421 g/mol. The van der Waals surface area contributed by atoms with E-state index in [1.54, 1.807) is 6.20 Å². The molecule has 0 spiro atoms. The molecule has 3 heterocycles. The molecule has 0 saturated carbocycles. The van der Waals surface area contributed by atoms with E-state index < -0.39 is 11.7 Å². The third-order valence-electron chi connectivity index (χ3n) is 4.48. The number of nitrogens with one attached hydrogen (secondary N) is 1. The normalized spacial score (nSPS) is 15.4. The van der Waals surface area contributed by atoms with Crippen LogP contribution in [0, 0.1) is 0 Å². The number of pyridine rings is 2. The van der Waals surface area contributed by atoms with Gasteiger partial charge in [0.1, 0.15) is 5.82 Å². The Kier molecular flexibility index (Phi) is 6.56. The van der Waals surface area contributed by atoms with Crippen LogP contribution in [0.5, 0.6) is 0 Å². The molecule has 3 N–H and O–H groups in total. The molecule has 1 saturated heterocycles. The lowest BCUT2D eigenvalue weighted by molar-refractivity contribution is -0.137. The molecule has 0 unspecified atom stereocenters. The second kappa shape index (κ2) is 9.12. The number of anilines is 1. The van der Waals surface area contributed by atoms with Gasteiger partial charge in [-0.1, -0.05) is 6.92 Å². The van der Waals surface area contributed by atoms with E-state index in [0.717, 1.165) is 24.9 Å². The molecule has 2 aromatic rings. The molecule has 30 heavy (non-hydrogen) atoms. The van der Waals surface area contributed by atoms with Crippen molar-refractivity contribution >= 4 is 23.3 Å². The van der Waals surface area contributed by atoms with Gasteiger partial charge in [-0.15, -0.1) is 0 Å². The van der Waals surface area contributed by atoms with Gasteiger partial charge in [-0.2, -0.15) is 13.2 Å². The number of ether oxygens (including phenoxy) is 1. The summed E-state index contributed by atoms with van der Waals surface area (Å²) in [7, 11) is 0. The molecule has 0 atom stereocenters. The van der Waals surface area contributed by atoms with Crippen molar-refractivity contribution < 1.29 is 17.9 Å². The van der Waals surface area contributed by atoms with E-state index >= 15 is 0 Å². The zero-order chi connectivity index (χ0) is 21.7. The number of nitrogens with zero attached hydrogens (tertiary/aromatic N) is 3. The fourth-order valence-electron chi connectivity index (χ4n) is 2.88. The fourth-order valence-corrected chi connectivity index (χ4v) is 2.88. The summed E-state index contributed by atoms with van der Waals surface area (Å²) in [5.74, 6) is 0.110. The van der Waals surface area contributed by atoms with Crippen LogP contribution in [0.25, 0.3) is 5.57 Å². The lowest BCUT2D eigenvalue weighted by atomic mass is 10.0.